The topological polar surface area (TPSA) is 59.8 Å². The first kappa shape index (κ1) is 18.3. The summed E-state index contributed by atoms with van der Waals surface area (Å²) in [5, 5.41) is 8.80. The number of rotatable bonds is 4. The second kappa shape index (κ2) is 7.53. The average Bonchev–Trinajstić information content (AvgIpc) is 3.28. The quantitative estimate of drug-likeness (QED) is 0.497. The van der Waals surface area contributed by atoms with Crippen LogP contribution in [0.2, 0.25) is 5.02 Å². The fourth-order valence-electron chi connectivity index (χ4n) is 2.74. The maximum absolute atomic E-state index is 14.0. The van der Waals surface area contributed by atoms with Crippen LogP contribution >= 0.6 is 22.9 Å². The molecule has 2 aromatic heterocycles. The molecule has 0 aliphatic heterocycles. The zero-order valence-corrected chi connectivity index (χ0v) is 16.3. The van der Waals surface area contributed by atoms with E-state index in [1.54, 1.807) is 66.5 Å². The lowest BCUT2D eigenvalue weighted by molar-refractivity contribution is 0.102. The molecule has 0 saturated carbocycles. The van der Waals surface area contributed by atoms with Crippen molar-refractivity contribution in [2.45, 2.75) is 0 Å². The Morgan fingerprint density at radius 2 is 1.93 bits per heavy atom. The molecule has 2 heterocycles. The second-order valence-corrected chi connectivity index (χ2v) is 7.42. The van der Waals surface area contributed by atoms with E-state index in [2.05, 4.69) is 15.4 Å². The highest BCUT2D eigenvalue weighted by Gasteiger charge is 2.16. The summed E-state index contributed by atoms with van der Waals surface area (Å²) in [6.45, 7) is 0. The van der Waals surface area contributed by atoms with Gasteiger partial charge < -0.3 is 5.32 Å². The van der Waals surface area contributed by atoms with E-state index < -0.39 is 0 Å². The molecule has 1 amide bonds. The zero-order chi connectivity index (χ0) is 19.7. The Kier molecular flexibility index (Phi) is 4.93. The lowest BCUT2D eigenvalue weighted by atomic mass is 10.1. The summed E-state index contributed by atoms with van der Waals surface area (Å²) in [6, 6.07) is 15.1. The number of anilines is 1. The lowest BCUT2D eigenvalue weighted by Gasteiger charge is -2.03. The molecule has 0 aliphatic carbocycles. The van der Waals surface area contributed by atoms with Crippen molar-refractivity contribution in [1.82, 2.24) is 14.8 Å². The molecule has 0 atom stereocenters. The molecular weight excluding hydrogens is 399 g/mol. The largest absolute Gasteiger partial charge is 0.312 e. The van der Waals surface area contributed by atoms with Gasteiger partial charge in [0.1, 0.15) is 15.8 Å². The van der Waals surface area contributed by atoms with Crippen LogP contribution in [0.15, 0.2) is 60.8 Å². The summed E-state index contributed by atoms with van der Waals surface area (Å²) in [4.78, 5) is 16.8. The number of carbonyl (C=O) groups is 1. The van der Waals surface area contributed by atoms with Crippen molar-refractivity contribution in [2.75, 3.05) is 5.32 Å². The van der Waals surface area contributed by atoms with Gasteiger partial charge in [0.25, 0.3) is 5.91 Å². The molecular formula is C20H14ClFN4OS. The van der Waals surface area contributed by atoms with Crippen LogP contribution in [0.3, 0.4) is 0 Å². The highest BCUT2D eigenvalue weighted by Crippen LogP contribution is 2.32. The number of nitrogens with one attached hydrogen (secondary N) is 1. The van der Waals surface area contributed by atoms with E-state index in [4.69, 9.17) is 11.6 Å². The third-order valence-electron chi connectivity index (χ3n) is 4.11. The summed E-state index contributed by atoms with van der Waals surface area (Å²) >= 11 is 7.37. The van der Waals surface area contributed by atoms with Crippen LogP contribution in [-0.4, -0.2) is 20.7 Å². The molecule has 8 heteroatoms. The Labute approximate surface area is 169 Å². The minimum atomic E-state index is -0.334. The number of benzene rings is 2. The molecule has 0 unspecified atom stereocenters. The van der Waals surface area contributed by atoms with E-state index in [0.29, 0.717) is 31.9 Å². The van der Waals surface area contributed by atoms with Crippen LogP contribution in [0.1, 0.15) is 10.4 Å². The smallest absolute Gasteiger partial charge is 0.257 e. The van der Waals surface area contributed by atoms with Gasteiger partial charge >= 0.3 is 0 Å². The molecule has 140 valence electrons. The normalized spacial score (nSPS) is 10.8. The van der Waals surface area contributed by atoms with Crippen LogP contribution in [-0.2, 0) is 7.05 Å². The number of aromatic nitrogens is 3. The van der Waals surface area contributed by atoms with Gasteiger partial charge in [0, 0.05) is 12.6 Å². The Balaban J connectivity index is 1.59. The summed E-state index contributed by atoms with van der Waals surface area (Å²) in [6.07, 6.45) is 1.57. The number of aryl methyl sites for hydroxylation is 1. The number of nitrogens with zero attached hydrogens (tertiary/aromatic N) is 3. The Morgan fingerprint density at radius 1 is 1.18 bits per heavy atom. The number of hydrogen-bond donors (Lipinski definition) is 1. The summed E-state index contributed by atoms with van der Waals surface area (Å²) in [7, 11) is 1.77. The van der Waals surface area contributed by atoms with Crippen molar-refractivity contribution in [1.29, 1.82) is 0 Å². The molecule has 0 spiro atoms. The zero-order valence-electron chi connectivity index (χ0n) is 14.7. The predicted molar refractivity (Wildman–Crippen MR) is 109 cm³/mol. The van der Waals surface area contributed by atoms with Gasteiger partial charge in [0.05, 0.1) is 28.2 Å². The maximum atomic E-state index is 14.0. The van der Waals surface area contributed by atoms with Gasteiger partial charge in [-0.1, -0.05) is 47.2 Å². The summed E-state index contributed by atoms with van der Waals surface area (Å²) < 4.78 is 15.7. The van der Waals surface area contributed by atoms with Crippen molar-refractivity contribution < 1.29 is 9.18 Å². The van der Waals surface area contributed by atoms with Gasteiger partial charge in [0.2, 0.25) is 0 Å². The molecule has 0 bridgehead atoms. The molecule has 4 rings (SSSR count). The van der Waals surface area contributed by atoms with E-state index >= 15 is 0 Å². The summed E-state index contributed by atoms with van der Waals surface area (Å²) in [5.74, 6) is -0.642. The van der Waals surface area contributed by atoms with Gasteiger partial charge in [-0.3, -0.25) is 9.48 Å². The third kappa shape index (κ3) is 3.54. The van der Waals surface area contributed by atoms with Gasteiger partial charge in [-0.25, -0.2) is 9.37 Å². The maximum Gasteiger partial charge on any atom is 0.257 e. The van der Waals surface area contributed by atoms with E-state index in [9.17, 15) is 9.18 Å². The van der Waals surface area contributed by atoms with Crippen LogP contribution in [0.25, 0.3) is 22.0 Å². The molecule has 0 saturated heterocycles. The number of carbonyl (C=O) groups excluding carboxylic acids is 1. The van der Waals surface area contributed by atoms with E-state index in [1.807, 2.05) is 0 Å². The predicted octanol–water partition coefficient (Wildman–Crippen LogP) is 5.26. The van der Waals surface area contributed by atoms with Crippen LogP contribution < -0.4 is 5.32 Å². The third-order valence-corrected chi connectivity index (χ3v) is 5.37. The van der Waals surface area contributed by atoms with Crippen molar-refractivity contribution in [3.05, 3.63) is 77.2 Å². The molecule has 4 aromatic rings. The average molecular weight is 413 g/mol. The molecule has 1 N–H and O–H groups in total. The van der Waals surface area contributed by atoms with Crippen molar-refractivity contribution >= 4 is 33.8 Å². The van der Waals surface area contributed by atoms with Crippen molar-refractivity contribution in [3.63, 3.8) is 0 Å². The minimum Gasteiger partial charge on any atom is -0.312 e. The van der Waals surface area contributed by atoms with Crippen LogP contribution in [0, 0.1) is 5.82 Å². The van der Waals surface area contributed by atoms with E-state index in [1.165, 1.54) is 17.4 Å². The van der Waals surface area contributed by atoms with Crippen LogP contribution in [0.4, 0.5) is 9.39 Å². The van der Waals surface area contributed by atoms with E-state index in [-0.39, 0.29) is 11.7 Å². The number of halogens is 2. The highest BCUT2D eigenvalue weighted by molar-refractivity contribution is 7.19. The lowest BCUT2D eigenvalue weighted by Crippen LogP contribution is -2.11. The first-order valence-corrected chi connectivity index (χ1v) is 9.53. The molecule has 28 heavy (non-hydrogen) atoms. The van der Waals surface area contributed by atoms with Gasteiger partial charge in [0.15, 0.2) is 0 Å². The highest BCUT2D eigenvalue weighted by atomic mass is 35.5. The monoisotopic (exact) mass is 412 g/mol. The molecule has 2 aromatic carbocycles. The van der Waals surface area contributed by atoms with E-state index in [0.717, 1.165) is 5.69 Å². The number of amides is 1. The van der Waals surface area contributed by atoms with Crippen LogP contribution in [0.5, 0.6) is 0 Å². The minimum absolute atomic E-state index is 0.308. The van der Waals surface area contributed by atoms with Gasteiger partial charge in [-0.15, -0.1) is 0 Å². The standard InChI is InChI=1S/C20H14ClFN4OS/c1-26-17(10-16(25-26)13-7-3-5-9-15(13)22)20-23-11-18(28-20)24-19(27)12-6-2-4-8-14(12)21/h2-11H,1H3,(H,24,27). The SMILES string of the molecule is Cn1nc(-c2ccccc2F)cc1-c1ncc(NC(=O)c2ccccc2Cl)s1. The van der Waals surface area contributed by atoms with Crippen molar-refractivity contribution in [2.24, 2.45) is 7.05 Å². The number of hydrogen-bond acceptors (Lipinski definition) is 4. The first-order chi connectivity index (χ1) is 13.5. The molecule has 0 radical (unpaired) electrons. The fourth-order valence-corrected chi connectivity index (χ4v) is 3.82. The number of thiazole rings is 1. The molecule has 5 nitrogen and oxygen atoms in total. The Morgan fingerprint density at radius 3 is 2.71 bits per heavy atom. The van der Waals surface area contributed by atoms with Crippen molar-refractivity contribution in [3.8, 4) is 22.0 Å². The Hall–Kier alpha value is -3.03. The summed E-state index contributed by atoms with van der Waals surface area (Å²) in [5.41, 5.74) is 2.06. The molecule has 0 fully saturated rings. The second-order valence-electron chi connectivity index (χ2n) is 5.98. The fraction of sp³-hybridized carbons (Fsp3) is 0.0500. The van der Waals surface area contributed by atoms with Gasteiger partial charge in [-0.05, 0) is 30.3 Å². The molecule has 0 aliphatic rings. The Bertz CT molecular complexity index is 1170. The van der Waals surface area contributed by atoms with Gasteiger partial charge in [-0.2, -0.15) is 5.10 Å². The first-order valence-electron chi connectivity index (χ1n) is 8.34.